The zero-order valence-electron chi connectivity index (χ0n) is 24.3. The van der Waals surface area contributed by atoms with E-state index >= 15 is 4.39 Å². The minimum Gasteiger partial charge on any atom is -0.298 e. The second-order valence-electron chi connectivity index (χ2n) is 12.7. The fraction of sp³-hybridized carbons (Fsp3) is 0.543. The van der Waals surface area contributed by atoms with E-state index in [1.54, 1.807) is 6.07 Å². The first-order valence-corrected chi connectivity index (χ1v) is 14.7. The van der Waals surface area contributed by atoms with E-state index in [-0.39, 0.29) is 16.9 Å². The van der Waals surface area contributed by atoms with Gasteiger partial charge >= 0.3 is 0 Å². The molecule has 2 nitrogen and oxygen atoms in total. The lowest BCUT2D eigenvalue weighted by molar-refractivity contribution is -0.280. The van der Waals surface area contributed by atoms with Crippen molar-refractivity contribution < 1.29 is 9.23 Å². The Hall–Kier alpha value is -2.23. The lowest BCUT2D eigenvalue weighted by Gasteiger charge is -2.54. The lowest BCUT2D eigenvalue weighted by Crippen LogP contribution is -2.59. The summed E-state index contributed by atoms with van der Waals surface area (Å²) in [6, 6.07) is 14.6. The first-order chi connectivity index (χ1) is 18.1. The SMILES string of the molecule is C=CCC/C=C/C1CCC(c2ccc(-c3ccc(C4CC(C)(C)N(OCC)C(C)(C)C4)cc3)c(F)c2)CC1. The van der Waals surface area contributed by atoms with Gasteiger partial charge in [0.1, 0.15) is 5.82 Å². The molecule has 0 unspecified atom stereocenters. The maximum Gasteiger partial charge on any atom is 0.131 e. The minimum absolute atomic E-state index is 0.0516. The Bertz CT molecular complexity index is 1070. The molecular formula is C35H48FNO. The summed E-state index contributed by atoms with van der Waals surface area (Å²) in [6.07, 6.45) is 15.5. The highest BCUT2D eigenvalue weighted by molar-refractivity contribution is 5.65. The summed E-state index contributed by atoms with van der Waals surface area (Å²) < 4.78 is 15.3. The van der Waals surface area contributed by atoms with Crippen molar-refractivity contribution in [3.05, 3.63) is 84.2 Å². The van der Waals surface area contributed by atoms with Gasteiger partial charge in [-0.25, -0.2) is 4.39 Å². The van der Waals surface area contributed by atoms with Crippen molar-refractivity contribution in [2.45, 2.75) is 109 Å². The van der Waals surface area contributed by atoms with E-state index in [0.29, 0.717) is 29.9 Å². The van der Waals surface area contributed by atoms with Crippen LogP contribution in [0.2, 0.25) is 0 Å². The Kier molecular flexibility index (Phi) is 9.31. The quantitative estimate of drug-likeness (QED) is 0.242. The molecule has 1 saturated heterocycles. The van der Waals surface area contributed by atoms with Gasteiger partial charge in [-0.05, 0) is 126 Å². The molecule has 1 heterocycles. The largest absolute Gasteiger partial charge is 0.298 e. The summed E-state index contributed by atoms with van der Waals surface area (Å²) >= 11 is 0. The normalized spacial score (nSPS) is 24.1. The molecule has 1 aliphatic carbocycles. The van der Waals surface area contributed by atoms with Crippen LogP contribution in [0.25, 0.3) is 11.1 Å². The molecule has 0 aromatic heterocycles. The van der Waals surface area contributed by atoms with Crippen molar-refractivity contribution in [2.75, 3.05) is 6.61 Å². The third-order valence-electron chi connectivity index (χ3n) is 8.72. The molecule has 1 saturated carbocycles. The Labute approximate surface area is 230 Å². The highest BCUT2D eigenvalue weighted by atomic mass is 19.1. The van der Waals surface area contributed by atoms with E-state index in [9.17, 15) is 0 Å². The standard InChI is InChI=1S/C35H48FNO/c1-7-9-10-11-12-26-13-15-27(16-14-26)30-21-22-32(33(36)23-30)29-19-17-28(18-20-29)31-24-34(3,4)37(38-8-2)35(5,6)25-31/h7,11-12,17-23,26-27,31H,1,8-10,13-16,24-25H2,2-6H3/b12-11+. The number of allylic oxidation sites excluding steroid dienone is 3. The van der Waals surface area contributed by atoms with Gasteiger partial charge in [-0.2, -0.15) is 5.06 Å². The number of benzene rings is 2. The molecule has 2 aromatic carbocycles. The number of unbranched alkanes of at least 4 members (excludes halogenated alkanes) is 1. The van der Waals surface area contributed by atoms with E-state index in [1.807, 2.05) is 12.1 Å². The smallest absolute Gasteiger partial charge is 0.131 e. The van der Waals surface area contributed by atoms with Crippen LogP contribution in [-0.4, -0.2) is 22.7 Å². The summed E-state index contributed by atoms with van der Waals surface area (Å²) in [7, 11) is 0. The average molecular weight is 518 g/mol. The second kappa shape index (κ2) is 12.3. The van der Waals surface area contributed by atoms with Crippen LogP contribution in [-0.2, 0) is 4.84 Å². The van der Waals surface area contributed by atoms with Crippen LogP contribution in [0.4, 0.5) is 4.39 Å². The monoisotopic (exact) mass is 517 g/mol. The molecule has 1 aliphatic heterocycles. The van der Waals surface area contributed by atoms with E-state index in [4.69, 9.17) is 4.84 Å². The molecule has 0 N–H and O–H groups in total. The Morgan fingerprint density at radius 1 is 0.895 bits per heavy atom. The summed E-state index contributed by atoms with van der Waals surface area (Å²) in [5.74, 6) is 1.48. The van der Waals surface area contributed by atoms with Crippen LogP contribution in [0.1, 0.15) is 109 Å². The average Bonchev–Trinajstić information content (AvgIpc) is 2.89. The van der Waals surface area contributed by atoms with Gasteiger partial charge < -0.3 is 0 Å². The summed E-state index contributed by atoms with van der Waals surface area (Å²) in [5.41, 5.74) is 4.04. The van der Waals surface area contributed by atoms with Crippen LogP contribution in [0.15, 0.2) is 67.3 Å². The van der Waals surface area contributed by atoms with Crippen molar-refractivity contribution in [3.8, 4) is 11.1 Å². The van der Waals surface area contributed by atoms with Crippen molar-refractivity contribution in [3.63, 3.8) is 0 Å². The van der Waals surface area contributed by atoms with E-state index in [2.05, 4.69) is 88.7 Å². The fourth-order valence-electron chi connectivity index (χ4n) is 7.08. The van der Waals surface area contributed by atoms with Crippen molar-refractivity contribution in [1.29, 1.82) is 0 Å². The molecule has 3 heteroatoms. The molecule has 4 rings (SSSR count). The van der Waals surface area contributed by atoms with Crippen molar-refractivity contribution in [1.82, 2.24) is 5.06 Å². The van der Waals surface area contributed by atoms with Gasteiger partial charge in [0.15, 0.2) is 0 Å². The summed E-state index contributed by atoms with van der Waals surface area (Å²) in [4.78, 5) is 6.06. The Morgan fingerprint density at radius 3 is 2.11 bits per heavy atom. The minimum atomic E-state index is -0.103. The number of nitrogens with zero attached hydrogens (tertiary/aromatic N) is 1. The van der Waals surface area contributed by atoms with Gasteiger partial charge in [0.2, 0.25) is 0 Å². The van der Waals surface area contributed by atoms with Gasteiger partial charge in [0.05, 0.1) is 6.61 Å². The topological polar surface area (TPSA) is 12.5 Å². The van der Waals surface area contributed by atoms with Crippen LogP contribution < -0.4 is 0 Å². The highest BCUT2D eigenvalue weighted by Gasteiger charge is 2.46. The van der Waals surface area contributed by atoms with E-state index in [0.717, 1.165) is 49.7 Å². The number of rotatable bonds is 9. The molecular weight excluding hydrogens is 469 g/mol. The Morgan fingerprint density at radius 2 is 1.53 bits per heavy atom. The van der Waals surface area contributed by atoms with Crippen LogP contribution >= 0.6 is 0 Å². The Balaban J connectivity index is 1.41. The zero-order valence-corrected chi connectivity index (χ0v) is 24.3. The first kappa shape index (κ1) is 28.8. The van der Waals surface area contributed by atoms with Crippen LogP contribution in [0.5, 0.6) is 0 Å². The van der Waals surface area contributed by atoms with Crippen molar-refractivity contribution >= 4 is 0 Å². The molecule has 2 fully saturated rings. The van der Waals surface area contributed by atoms with Crippen molar-refractivity contribution in [2.24, 2.45) is 5.92 Å². The number of hydrogen-bond acceptors (Lipinski definition) is 2. The molecule has 0 amide bonds. The molecule has 2 aromatic rings. The summed E-state index contributed by atoms with van der Waals surface area (Å²) in [6.45, 7) is 15.6. The molecule has 0 spiro atoms. The fourth-order valence-corrected chi connectivity index (χ4v) is 7.08. The number of hydrogen-bond donors (Lipinski definition) is 0. The van der Waals surface area contributed by atoms with Gasteiger partial charge in [-0.3, -0.25) is 4.84 Å². The first-order valence-electron chi connectivity index (χ1n) is 14.7. The second-order valence-corrected chi connectivity index (χ2v) is 12.7. The molecule has 206 valence electrons. The van der Waals surface area contributed by atoms with Gasteiger partial charge in [-0.1, -0.05) is 54.6 Å². The molecule has 0 bridgehead atoms. The summed E-state index contributed by atoms with van der Waals surface area (Å²) in [5, 5.41) is 2.20. The van der Waals surface area contributed by atoms with Crippen LogP contribution in [0, 0.1) is 11.7 Å². The molecule has 38 heavy (non-hydrogen) atoms. The van der Waals surface area contributed by atoms with Gasteiger partial charge in [0, 0.05) is 16.6 Å². The third kappa shape index (κ3) is 6.66. The lowest BCUT2D eigenvalue weighted by atomic mass is 9.72. The zero-order chi connectivity index (χ0) is 27.3. The number of hydroxylamine groups is 2. The third-order valence-corrected chi connectivity index (χ3v) is 8.72. The van der Waals surface area contributed by atoms with Crippen LogP contribution in [0.3, 0.4) is 0 Å². The molecule has 2 aliphatic rings. The maximum atomic E-state index is 15.3. The van der Waals surface area contributed by atoms with Gasteiger partial charge in [-0.15, -0.1) is 6.58 Å². The number of halogens is 1. The molecule has 0 radical (unpaired) electrons. The van der Waals surface area contributed by atoms with E-state index in [1.165, 1.54) is 18.4 Å². The maximum absolute atomic E-state index is 15.3. The number of piperidine rings is 1. The predicted molar refractivity (Wildman–Crippen MR) is 159 cm³/mol. The highest BCUT2D eigenvalue weighted by Crippen LogP contribution is 2.46. The predicted octanol–water partition coefficient (Wildman–Crippen LogP) is 9.98. The molecule has 0 atom stereocenters. The van der Waals surface area contributed by atoms with Gasteiger partial charge in [0.25, 0.3) is 0 Å². The van der Waals surface area contributed by atoms with E-state index < -0.39 is 0 Å².